The van der Waals surface area contributed by atoms with Crippen LogP contribution in [-0.4, -0.2) is 25.2 Å². The predicted octanol–water partition coefficient (Wildman–Crippen LogP) is 6.11. The van der Waals surface area contributed by atoms with Crippen molar-refractivity contribution in [3.63, 3.8) is 0 Å². The first-order valence-electron chi connectivity index (χ1n) is 9.24. The SMILES string of the molecule is Cc1ccc(S(=O)(=O)NC(C(Sc2ccccc2)Sc2ccccc2)C(F)(F)F)cc1. The Kier molecular flexibility index (Phi) is 7.74. The van der Waals surface area contributed by atoms with E-state index < -0.39 is 26.8 Å². The molecule has 31 heavy (non-hydrogen) atoms. The molecule has 1 unspecified atom stereocenters. The quantitative estimate of drug-likeness (QED) is 0.310. The van der Waals surface area contributed by atoms with Gasteiger partial charge in [-0.2, -0.15) is 17.9 Å². The van der Waals surface area contributed by atoms with Crippen molar-refractivity contribution in [1.82, 2.24) is 4.72 Å². The molecule has 0 spiro atoms. The van der Waals surface area contributed by atoms with E-state index in [0.717, 1.165) is 29.1 Å². The van der Waals surface area contributed by atoms with E-state index in [1.165, 1.54) is 12.1 Å². The number of thioether (sulfide) groups is 2. The molecule has 0 heterocycles. The summed E-state index contributed by atoms with van der Waals surface area (Å²) in [7, 11) is -4.39. The van der Waals surface area contributed by atoms with Gasteiger partial charge >= 0.3 is 6.18 Å². The second kappa shape index (κ2) is 10.1. The van der Waals surface area contributed by atoms with Crippen LogP contribution in [0.15, 0.2) is 99.6 Å². The van der Waals surface area contributed by atoms with E-state index in [0.29, 0.717) is 9.79 Å². The Hall–Kier alpha value is -1.94. The number of sulfonamides is 1. The highest BCUT2D eigenvalue weighted by molar-refractivity contribution is 8.17. The third-order valence-electron chi connectivity index (χ3n) is 4.23. The van der Waals surface area contributed by atoms with Gasteiger partial charge in [0.1, 0.15) is 6.04 Å². The molecule has 0 radical (unpaired) electrons. The molecule has 3 rings (SSSR count). The van der Waals surface area contributed by atoms with Crippen LogP contribution in [0.3, 0.4) is 0 Å². The van der Waals surface area contributed by atoms with Crippen LogP contribution in [-0.2, 0) is 10.0 Å². The standard InChI is InChI=1S/C22H20F3NO2S3/c1-16-12-14-19(15-13-16)31(27,28)26-20(22(23,24)25)21(29-17-8-4-2-5-9-17)30-18-10-6-3-7-11-18/h2-15,20-21,26H,1H3. The molecule has 0 saturated heterocycles. The number of alkyl halides is 3. The van der Waals surface area contributed by atoms with E-state index in [4.69, 9.17) is 0 Å². The fourth-order valence-corrected chi connectivity index (χ4v) is 6.80. The molecule has 3 aromatic carbocycles. The molecular weight excluding hydrogens is 463 g/mol. The molecular formula is C22H20F3NO2S3. The zero-order valence-electron chi connectivity index (χ0n) is 16.4. The summed E-state index contributed by atoms with van der Waals surface area (Å²) in [5, 5.41) is 0. The Labute approximate surface area is 188 Å². The summed E-state index contributed by atoms with van der Waals surface area (Å²) in [4.78, 5) is 1.01. The molecule has 0 aliphatic carbocycles. The van der Waals surface area contributed by atoms with Crippen LogP contribution in [0.5, 0.6) is 0 Å². The zero-order chi connectivity index (χ0) is 22.5. The van der Waals surface area contributed by atoms with Gasteiger partial charge in [-0.3, -0.25) is 0 Å². The van der Waals surface area contributed by atoms with Crippen LogP contribution in [0, 0.1) is 6.92 Å². The van der Waals surface area contributed by atoms with Crippen molar-refractivity contribution in [2.45, 2.75) is 38.4 Å². The van der Waals surface area contributed by atoms with Crippen molar-refractivity contribution in [1.29, 1.82) is 0 Å². The highest BCUT2D eigenvalue weighted by atomic mass is 32.2. The van der Waals surface area contributed by atoms with E-state index in [1.54, 1.807) is 79.7 Å². The normalized spacial score (nSPS) is 13.3. The molecule has 0 fully saturated rings. The van der Waals surface area contributed by atoms with Gasteiger partial charge in [0.25, 0.3) is 0 Å². The van der Waals surface area contributed by atoms with Crippen molar-refractivity contribution >= 4 is 33.5 Å². The summed E-state index contributed by atoms with van der Waals surface area (Å²) >= 11 is 1.95. The molecule has 3 aromatic rings. The molecule has 0 amide bonds. The molecule has 0 saturated carbocycles. The first-order valence-corrected chi connectivity index (χ1v) is 12.5. The molecule has 1 N–H and O–H groups in total. The summed E-state index contributed by atoms with van der Waals surface area (Å²) in [6, 6.07) is 20.6. The summed E-state index contributed by atoms with van der Waals surface area (Å²) in [5.74, 6) is 0. The number of nitrogens with one attached hydrogen (secondary N) is 1. The van der Waals surface area contributed by atoms with Gasteiger partial charge in [0.05, 0.1) is 9.48 Å². The number of hydrogen-bond donors (Lipinski definition) is 1. The average Bonchev–Trinajstić information content (AvgIpc) is 2.73. The largest absolute Gasteiger partial charge is 0.406 e. The summed E-state index contributed by atoms with van der Waals surface area (Å²) in [5.41, 5.74) is 0.809. The summed E-state index contributed by atoms with van der Waals surface area (Å²) < 4.78 is 68.7. The molecule has 0 bridgehead atoms. The van der Waals surface area contributed by atoms with Crippen molar-refractivity contribution in [3.8, 4) is 0 Å². The summed E-state index contributed by atoms with van der Waals surface area (Å²) in [6.45, 7) is 1.77. The Morgan fingerprint density at radius 3 is 1.65 bits per heavy atom. The molecule has 164 valence electrons. The lowest BCUT2D eigenvalue weighted by Gasteiger charge is -2.29. The minimum Gasteiger partial charge on any atom is -0.207 e. The Morgan fingerprint density at radius 2 is 1.23 bits per heavy atom. The minimum absolute atomic E-state index is 0.208. The van der Waals surface area contributed by atoms with Crippen LogP contribution < -0.4 is 4.72 Å². The van der Waals surface area contributed by atoms with Gasteiger partial charge in [-0.05, 0) is 43.3 Å². The first-order chi connectivity index (χ1) is 14.6. The highest BCUT2D eigenvalue weighted by Gasteiger charge is 2.48. The van der Waals surface area contributed by atoms with Gasteiger partial charge in [-0.25, -0.2) is 8.42 Å². The summed E-state index contributed by atoms with van der Waals surface area (Å²) in [6.07, 6.45) is -4.80. The van der Waals surface area contributed by atoms with Crippen LogP contribution in [0.1, 0.15) is 5.56 Å². The van der Waals surface area contributed by atoms with Crippen LogP contribution in [0.4, 0.5) is 13.2 Å². The van der Waals surface area contributed by atoms with E-state index >= 15 is 0 Å². The topological polar surface area (TPSA) is 46.2 Å². The molecule has 0 aliphatic rings. The van der Waals surface area contributed by atoms with E-state index in [-0.39, 0.29) is 4.90 Å². The Bertz CT molecular complexity index is 1030. The van der Waals surface area contributed by atoms with E-state index in [9.17, 15) is 21.6 Å². The van der Waals surface area contributed by atoms with Crippen LogP contribution in [0.25, 0.3) is 0 Å². The monoisotopic (exact) mass is 483 g/mol. The fourth-order valence-electron chi connectivity index (χ4n) is 2.66. The number of hydrogen-bond acceptors (Lipinski definition) is 4. The number of aryl methyl sites for hydroxylation is 1. The lowest BCUT2D eigenvalue weighted by molar-refractivity contribution is -0.147. The first kappa shape index (κ1) is 23.7. The van der Waals surface area contributed by atoms with Crippen molar-refractivity contribution < 1.29 is 21.6 Å². The maximum Gasteiger partial charge on any atom is 0.406 e. The third-order valence-corrected chi connectivity index (χ3v) is 8.36. The highest BCUT2D eigenvalue weighted by Crippen LogP contribution is 2.42. The molecule has 0 aromatic heterocycles. The molecule has 1 atom stereocenters. The minimum atomic E-state index is -4.80. The van der Waals surface area contributed by atoms with Crippen LogP contribution >= 0.6 is 23.5 Å². The van der Waals surface area contributed by atoms with Gasteiger partial charge in [0.2, 0.25) is 10.0 Å². The smallest absolute Gasteiger partial charge is 0.207 e. The van der Waals surface area contributed by atoms with Crippen molar-refractivity contribution in [3.05, 3.63) is 90.5 Å². The van der Waals surface area contributed by atoms with Crippen molar-refractivity contribution in [2.75, 3.05) is 0 Å². The second-order valence-electron chi connectivity index (χ2n) is 6.68. The predicted molar refractivity (Wildman–Crippen MR) is 120 cm³/mol. The second-order valence-corrected chi connectivity index (χ2v) is 11.1. The molecule has 0 aliphatic heterocycles. The molecule has 9 heteroatoms. The van der Waals surface area contributed by atoms with E-state index in [2.05, 4.69) is 0 Å². The van der Waals surface area contributed by atoms with Gasteiger partial charge < -0.3 is 0 Å². The van der Waals surface area contributed by atoms with E-state index in [1.807, 2.05) is 4.72 Å². The Balaban J connectivity index is 1.96. The fraction of sp³-hybridized carbons (Fsp3) is 0.182. The van der Waals surface area contributed by atoms with Gasteiger partial charge in [0.15, 0.2) is 0 Å². The van der Waals surface area contributed by atoms with Gasteiger partial charge in [0, 0.05) is 9.79 Å². The lowest BCUT2D eigenvalue weighted by Crippen LogP contribution is -2.50. The third kappa shape index (κ3) is 6.77. The van der Waals surface area contributed by atoms with Crippen molar-refractivity contribution in [2.24, 2.45) is 0 Å². The maximum atomic E-state index is 14.1. The lowest BCUT2D eigenvalue weighted by atomic mass is 10.2. The van der Waals surface area contributed by atoms with Crippen LogP contribution in [0.2, 0.25) is 0 Å². The van der Waals surface area contributed by atoms with Gasteiger partial charge in [-0.15, -0.1) is 23.5 Å². The number of rotatable bonds is 8. The zero-order valence-corrected chi connectivity index (χ0v) is 18.9. The average molecular weight is 484 g/mol. The molecule has 3 nitrogen and oxygen atoms in total. The Morgan fingerprint density at radius 1 is 0.774 bits per heavy atom. The number of halogens is 3. The van der Waals surface area contributed by atoms with Gasteiger partial charge in [-0.1, -0.05) is 54.1 Å². The number of benzene rings is 3. The maximum absolute atomic E-state index is 14.1.